The molecule has 0 radical (unpaired) electrons. The largest absolute Gasteiger partial charge is 0.392 e. The van der Waals surface area contributed by atoms with E-state index in [-0.39, 0.29) is 11.8 Å². The van der Waals surface area contributed by atoms with E-state index < -0.39 is 6.10 Å². The summed E-state index contributed by atoms with van der Waals surface area (Å²) in [5.41, 5.74) is 3.06. The van der Waals surface area contributed by atoms with Gasteiger partial charge in [-0.05, 0) is 32.3 Å². The van der Waals surface area contributed by atoms with E-state index in [4.69, 9.17) is 5.11 Å². The molecule has 0 fully saturated rings. The summed E-state index contributed by atoms with van der Waals surface area (Å²) < 4.78 is 0. The minimum Gasteiger partial charge on any atom is -0.392 e. The molecule has 1 aromatic heterocycles. The summed E-state index contributed by atoms with van der Waals surface area (Å²) in [5.74, 6) is 0.0844. The molecule has 2 unspecified atom stereocenters. The fraction of sp³-hybridized carbons (Fsp3) is 0.667. The highest BCUT2D eigenvalue weighted by molar-refractivity contribution is 5.76. The Bertz CT molecular complexity index is 366. The van der Waals surface area contributed by atoms with Gasteiger partial charge in [-0.15, -0.1) is 0 Å². The highest BCUT2D eigenvalue weighted by atomic mass is 16.3. The predicted octanol–water partition coefficient (Wildman–Crippen LogP) is 1.02. The average molecular weight is 239 g/mol. The number of aliphatic hydroxyl groups is 1. The van der Waals surface area contributed by atoms with Crippen LogP contribution in [0.1, 0.15) is 43.1 Å². The molecule has 0 bridgehead atoms. The van der Waals surface area contributed by atoms with Crippen LogP contribution in [0.4, 0.5) is 0 Å². The van der Waals surface area contributed by atoms with Gasteiger partial charge in [0.05, 0.1) is 11.8 Å². The smallest absolute Gasteiger partial charge is 0.220 e. The van der Waals surface area contributed by atoms with Crippen molar-refractivity contribution >= 4 is 5.91 Å². The number of carbonyl (C=O) groups is 1. The molecule has 5 nitrogen and oxygen atoms in total. The first kappa shape index (κ1) is 13.7. The van der Waals surface area contributed by atoms with Crippen LogP contribution < -0.4 is 5.32 Å². The fourth-order valence-electron chi connectivity index (χ4n) is 2.00. The number of nitrogens with zero attached hydrogens (tertiary/aromatic N) is 1. The van der Waals surface area contributed by atoms with Gasteiger partial charge in [-0.25, -0.2) is 0 Å². The van der Waals surface area contributed by atoms with Gasteiger partial charge >= 0.3 is 0 Å². The van der Waals surface area contributed by atoms with Crippen molar-refractivity contribution in [2.75, 3.05) is 6.54 Å². The summed E-state index contributed by atoms with van der Waals surface area (Å²) in [6, 6.07) is 0. The lowest BCUT2D eigenvalue weighted by Crippen LogP contribution is -2.31. The second-order valence-electron chi connectivity index (χ2n) is 4.61. The third-order valence-electron chi connectivity index (χ3n) is 2.76. The van der Waals surface area contributed by atoms with Crippen molar-refractivity contribution in [3.63, 3.8) is 0 Å². The van der Waals surface area contributed by atoms with Crippen LogP contribution in [0.2, 0.25) is 0 Å². The van der Waals surface area contributed by atoms with E-state index in [0.29, 0.717) is 13.0 Å². The summed E-state index contributed by atoms with van der Waals surface area (Å²) in [7, 11) is 0. The SMILES string of the molecule is Cc1n[nH]c(C)c1C(C)CC(=O)NCC(C)O. The summed E-state index contributed by atoms with van der Waals surface area (Å²) in [4.78, 5) is 11.6. The number of hydrogen-bond acceptors (Lipinski definition) is 3. The molecule has 0 aromatic carbocycles. The number of amides is 1. The van der Waals surface area contributed by atoms with Crippen molar-refractivity contribution in [3.05, 3.63) is 17.0 Å². The first-order chi connectivity index (χ1) is 7.91. The van der Waals surface area contributed by atoms with E-state index in [0.717, 1.165) is 17.0 Å². The van der Waals surface area contributed by atoms with Crippen molar-refractivity contribution in [2.24, 2.45) is 0 Å². The standard InChI is InChI=1S/C12H21N3O2/c1-7(5-11(17)13-6-8(2)16)12-9(3)14-15-10(12)4/h7-8,16H,5-6H2,1-4H3,(H,13,17)(H,14,15). The zero-order chi connectivity index (χ0) is 13.0. The van der Waals surface area contributed by atoms with Gasteiger partial charge in [0, 0.05) is 18.7 Å². The van der Waals surface area contributed by atoms with Gasteiger partial charge in [0.2, 0.25) is 5.91 Å². The molecule has 0 spiro atoms. The molecule has 2 atom stereocenters. The second-order valence-corrected chi connectivity index (χ2v) is 4.61. The number of rotatable bonds is 5. The Morgan fingerprint density at radius 2 is 2.12 bits per heavy atom. The van der Waals surface area contributed by atoms with Crippen molar-refractivity contribution in [2.45, 2.75) is 46.1 Å². The van der Waals surface area contributed by atoms with Crippen LogP contribution in [-0.2, 0) is 4.79 Å². The average Bonchev–Trinajstić information content (AvgIpc) is 2.55. The Labute approximate surface area is 102 Å². The summed E-state index contributed by atoms with van der Waals surface area (Å²) in [6.45, 7) is 7.85. The molecule has 1 amide bonds. The Morgan fingerprint density at radius 3 is 2.59 bits per heavy atom. The van der Waals surface area contributed by atoms with Gasteiger partial charge in [-0.2, -0.15) is 5.10 Å². The lowest BCUT2D eigenvalue weighted by atomic mass is 9.95. The Hall–Kier alpha value is -1.36. The van der Waals surface area contributed by atoms with Crippen LogP contribution in [0.15, 0.2) is 0 Å². The van der Waals surface area contributed by atoms with E-state index in [2.05, 4.69) is 15.5 Å². The first-order valence-corrected chi connectivity index (χ1v) is 5.88. The highest BCUT2D eigenvalue weighted by Crippen LogP contribution is 2.23. The molecule has 0 aliphatic rings. The lowest BCUT2D eigenvalue weighted by Gasteiger charge is -2.13. The normalized spacial score (nSPS) is 14.4. The molecular formula is C12H21N3O2. The number of aliphatic hydroxyl groups excluding tert-OH is 1. The maximum atomic E-state index is 11.6. The van der Waals surface area contributed by atoms with Crippen LogP contribution in [0.25, 0.3) is 0 Å². The monoisotopic (exact) mass is 239 g/mol. The molecule has 0 saturated heterocycles. The van der Waals surface area contributed by atoms with Gasteiger partial charge in [-0.1, -0.05) is 6.92 Å². The van der Waals surface area contributed by atoms with Crippen molar-refractivity contribution in [3.8, 4) is 0 Å². The molecule has 0 aliphatic carbocycles. The molecule has 17 heavy (non-hydrogen) atoms. The van der Waals surface area contributed by atoms with E-state index >= 15 is 0 Å². The zero-order valence-electron chi connectivity index (χ0n) is 10.9. The fourth-order valence-corrected chi connectivity index (χ4v) is 2.00. The molecule has 0 aliphatic heterocycles. The zero-order valence-corrected chi connectivity index (χ0v) is 10.9. The number of aryl methyl sites for hydroxylation is 2. The van der Waals surface area contributed by atoms with Gasteiger partial charge < -0.3 is 10.4 Å². The number of carbonyl (C=O) groups excluding carboxylic acids is 1. The Morgan fingerprint density at radius 1 is 1.47 bits per heavy atom. The van der Waals surface area contributed by atoms with E-state index in [1.54, 1.807) is 6.92 Å². The van der Waals surface area contributed by atoms with Gasteiger partial charge in [0.25, 0.3) is 0 Å². The molecule has 5 heteroatoms. The number of H-pyrrole nitrogens is 1. The van der Waals surface area contributed by atoms with Gasteiger partial charge in [0.1, 0.15) is 0 Å². The summed E-state index contributed by atoms with van der Waals surface area (Å²) in [6.07, 6.45) is -0.0971. The Balaban J connectivity index is 2.55. The van der Waals surface area contributed by atoms with Crippen LogP contribution in [0, 0.1) is 13.8 Å². The van der Waals surface area contributed by atoms with E-state index in [1.165, 1.54) is 0 Å². The minimum absolute atomic E-state index is 0.0431. The summed E-state index contributed by atoms with van der Waals surface area (Å²) >= 11 is 0. The number of aromatic nitrogens is 2. The third-order valence-corrected chi connectivity index (χ3v) is 2.76. The predicted molar refractivity (Wildman–Crippen MR) is 65.8 cm³/mol. The quantitative estimate of drug-likeness (QED) is 0.717. The molecule has 0 saturated carbocycles. The second kappa shape index (κ2) is 5.82. The van der Waals surface area contributed by atoms with Crippen LogP contribution in [-0.4, -0.2) is 33.9 Å². The van der Waals surface area contributed by atoms with E-state index in [9.17, 15) is 4.79 Å². The minimum atomic E-state index is -0.508. The third kappa shape index (κ3) is 3.85. The maximum Gasteiger partial charge on any atom is 0.220 e. The first-order valence-electron chi connectivity index (χ1n) is 5.88. The van der Waals surface area contributed by atoms with Crippen LogP contribution in [0.5, 0.6) is 0 Å². The molecule has 1 heterocycles. The van der Waals surface area contributed by atoms with E-state index in [1.807, 2.05) is 20.8 Å². The molecular weight excluding hydrogens is 218 g/mol. The van der Waals surface area contributed by atoms with Crippen molar-refractivity contribution in [1.29, 1.82) is 0 Å². The lowest BCUT2D eigenvalue weighted by molar-refractivity contribution is -0.121. The van der Waals surface area contributed by atoms with Gasteiger partial charge in [-0.3, -0.25) is 9.89 Å². The van der Waals surface area contributed by atoms with Gasteiger partial charge in [0.15, 0.2) is 0 Å². The highest BCUT2D eigenvalue weighted by Gasteiger charge is 2.17. The number of hydrogen-bond donors (Lipinski definition) is 3. The molecule has 96 valence electrons. The topological polar surface area (TPSA) is 78.0 Å². The Kier molecular flexibility index (Phi) is 4.69. The molecule has 3 N–H and O–H groups in total. The summed E-state index contributed by atoms with van der Waals surface area (Å²) in [5, 5.41) is 18.8. The molecule has 1 rings (SSSR count). The van der Waals surface area contributed by atoms with Crippen molar-refractivity contribution in [1.82, 2.24) is 15.5 Å². The van der Waals surface area contributed by atoms with Crippen LogP contribution >= 0.6 is 0 Å². The number of nitrogens with one attached hydrogen (secondary N) is 2. The molecule has 1 aromatic rings. The maximum absolute atomic E-state index is 11.6. The number of aromatic amines is 1. The van der Waals surface area contributed by atoms with Crippen LogP contribution in [0.3, 0.4) is 0 Å². The van der Waals surface area contributed by atoms with Crippen molar-refractivity contribution < 1.29 is 9.90 Å².